The summed E-state index contributed by atoms with van der Waals surface area (Å²) >= 11 is 3.66. The van der Waals surface area contributed by atoms with E-state index >= 15 is 0 Å². The van der Waals surface area contributed by atoms with Gasteiger partial charge in [0.05, 0.1) is 0 Å². The Balaban J connectivity index is 2.20. The van der Waals surface area contributed by atoms with Gasteiger partial charge in [-0.1, -0.05) is 34.1 Å². The minimum absolute atomic E-state index is 0.194. The van der Waals surface area contributed by atoms with Gasteiger partial charge in [0.2, 0.25) is 0 Å². The molecule has 1 saturated carbocycles. The second kappa shape index (κ2) is 5.09. The number of hydrogen-bond donors (Lipinski definition) is 1. The van der Waals surface area contributed by atoms with Crippen LogP contribution in [0.2, 0.25) is 0 Å². The lowest BCUT2D eigenvalue weighted by Gasteiger charge is -2.35. The fraction of sp³-hybridized carbons (Fsp3) is 0.571. The Labute approximate surface area is 112 Å². The Morgan fingerprint density at radius 2 is 2.12 bits per heavy atom. The summed E-state index contributed by atoms with van der Waals surface area (Å²) in [6, 6.07) is 8.56. The molecule has 0 aliphatic heterocycles. The van der Waals surface area contributed by atoms with Crippen molar-refractivity contribution in [2.75, 3.05) is 20.6 Å². The van der Waals surface area contributed by atoms with E-state index in [0.717, 1.165) is 6.54 Å². The zero-order chi connectivity index (χ0) is 12.5. The van der Waals surface area contributed by atoms with E-state index in [1.165, 1.54) is 29.3 Å². The third-order valence-electron chi connectivity index (χ3n) is 4.26. The zero-order valence-electron chi connectivity index (χ0n) is 10.6. The molecule has 1 aliphatic carbocycles. The molecule has 2 rings (SSSR count). The molecule has 2 N–H and O–H groups in total. The molecule has 1 aliphatic rings. The van der Waals surface area contributed by atoms with Gasteiger partial charge in [-0.05, 0) is 50.9 Å². The molecule has 2 unspecified atom stereocenters. The maximum absolute atomic E-state index is 5.99. The molecular formula is C14H21BrN2. The van der Waals surface area contributed by atoms with Gasteiger partial charge < -0.3 is 10.6 Å². The second-order valence-electron chi connectivity index (χ2n) is 5.28. The van der Waals surface area contributed by atoms with Crippen LogP contribution in [0.1, 0.15) is 30.7 Å². The van der Waals surface area contributed by atoms with Crippen LogP contribution in [-0.4, -0.2) is 31.1 Å². The van der Waals surface area contributed by atoms with E-state index in [1.807, 2.05) is 0 Å². The molecule has 0 heterocycles. The molecule has 0 radical (unpaired) electrons. The third-order valence-corrected chi connectivity index (χ3v) is 4.98. The van der Waals surface area contributed by atoms with Crippen molar-refractivity contribution in [3.05, 3.63) is 34.3 Å². The van der Waals surface area contributed by atoms with Gasteiger partial charge in [-0.25, -0.2) is 0 Å². The molecule has 0 bridgehead atoms. The Kier molecular flexibility index (Phi) is 3.91. The van der Waals surface area contributed by atoms with E-state index in [9.17, 15) is 0 Å². The SMILES string of the molecule is CN(C)C1(CN)CCC(c2ccccc2Br)C1. The number of benzene rings is 1. The van der Waals surface area contributed by atoms with Crippen molar-refractivity contribution >= 4 is 15.9 Å². The first-order chi connectivity index (χ1) is 8.09. The number of nitrogens with two attached hydrogens (primary N) is 1. The fourth-order valence-electron chi connectivity index (χ4n) is 2.95. The Bertz CT molecular complexity index is 392. The van der Waals surface area contributed by atoms with Crippen molar-refractivity contribution in [2.24, 2.45) is 5.73 Å². The predicted octanol–water partition coefficient (Wildman–Crippen LogP) is 2.98. The molecular weight excluding hydrogens is 276 g/mol. The molecule has 1 fully saturated rings. The van der Waals surface area contributed by atoms with E-state index in [1.54, 1.807) is 0 Å². The molecule has 2 atom stereocenters. The second-order valence-corrected chi connectivity index (χ2v) is 6.14. The highest BCUT2D eigenvalue weighted by Gasteiger charge is 2.40. The minimum atomic E-state index is 0.194. The monoisotopic (exact) mass is 296 g/mol. The Morgan fingerprint density at radius 1 is 1.41 bits per heavy atom. The molecule has 0 aromatic heterocycles. The van der Waals surface area contributed by atoms with Crippen molar-refractivity contribution in [1.82, 2.24) is 4.90 Å². The van der Waals surface area contributed by atoms with Crippen LogP contribution in [0.3, 0.4) is 0 Å². The van der Waals surface area contributed by atoms with Crippen LogP contribution in [0.4, 0.5) is 0 Å². The smallest absolute Gasteiger partial charge is 0.0331 e. The maximum atomic E-state index is 5.99. The highest BCUT2D eigenvalue weighted by Crippen LogP contribution is 2.44. The Morgan fingerprint density at radius 3 is 2.65 bits per heavy atom. The van der Waals surface area contributed by atoms with Crippen molar-refractivity contribution in [3.63, 3.8) is 0 Å². The molecule has 94 valence electrons. The number of rotatable bonds is 3. The Hall–Kier alpha value is -0.380. The van der Waals surface area contributed by atoms with Crippen LogP contribution in [0.5, 0.6) is 0 Å². The first-order valence-electron chi connectivity index (χ1n) is 6.21. The zero-order valence-corrected chi connectivity index (χ0v) is 12.2. The van der Waals surface area contributed by atoms with Gasteiger partial charge in [0.15, 0.2) is 0 Å². The molecule has 0 spiro atoms. The van der Waals surface area contributed by atoms with Gasteiger partial charge >= 0.3 is 0 Å². The summed E-state index contributed by atoms with van der Waals surface area (Å²) in [6.45, 7) is 0.751. The largest absolute Gasteiger partial charge is 0.329 e. The predicted molar refractivity (Wildman–Crippen MR) is 76.2 cm³/mol. The minimum Gasteiger partial charge on any atom is -0.329 e. The summed E-state index contributed by atoms with van der Waals surface area (Å²) in [7, 11) is 4.30. The topological polar surface area (TPSA) is 29.3 Å². The van der Waals surface area contributed by atoms with E-state index in [4.69, 9.17) is 5.73 Å². The standard InChI is InChI=1S/C14H21BrN2/c1-17(2)14(10-16)8-7-11(9-14)12-5-3-4-6-13(12)15/h3-6,11H,7-10,16H2,1-2H3. The quantitative estimate of drug-likeness (QED) is 0.929. The number of hydrogen-bond acceptors (Lipinski definition) is 2. The molecule has 3 heteroatoms. The molecule has 0 saturated heterocycles. The van der Waals surface area contributed by atoms with Crippen LogP contribution in [0, 0.1) is 0 Å². The lowest BCUT2D eigenvalue weighted by atomic mass is 9.91. The summed E-state index contributed by atoms with van der Waals surface area (Å²) in [5, 5.41) is 0. The van der Waals surface area contributed by atoms with Crippen molar-refractivity contribution < 1.29 is 0 Å². The summed E-state index contributed by atoms with van der Waals surface area (Å²) in [4.78, 5) is 2.31. The van der Waals surface area contributed by atoms with E-state index in [2.05, 4.69) is 59.2 Å². The molecule has 1 aromatic carbocycles. The maximum Gasteiger partial charge on any atom is 0.0331 e. The van der Waals surface area contributed by atoms with Crippen molar-refractivity contribution in [1.29, 1.82) is 0 Å². The van der Waals surface area contributed by atoms with E-state index in [-0.39, 0.29) is 5.54 Å². The van der Waals surface area contributed by atoms with Crippen LogP contribution in [-0.2, 0) is 0 Å². The van der Waals surface area contributed by atoms with E-state index < -0.39 is 0 Å². The first kappa shape index (κ1) is 13.1. The van der Waals surface area contributed by atoms with Crippen molar-refractivity contribution in [2.45, 2.75) is 30.7 Å². The van der Waals surface area contributed by atoms with Gasteiger partial charge in [0, 0.05) is 16.6 Å². The van der Waals surface area contributed by atoms with Gasteiger partial charge in [-0.15, -0.1) is 0 Å². The lowest BCUT2D eigenvalue weighted by molar-refractivity contribution is 0.165. The first-order valence-corrected chi connectivity index (χ1v) is 7.00. The fourth-order valence-corrected chi connectivity index (χ4v) is 3.56. The number of halogens is 1. The van der Waals surface area contributed by atoms with Gasteiger partial charge in [-0.3, -0.25) is 0 Å². The van der Waals surface area contributed by atoms with Crippen LogP contribution < -0.4 is 5.73 Å². The highest BCUT2D eigenvalue weighted by molar-refractivity contribution is 9.10. The summed E-state index contributed by atoms with van der Waals surface area (Å²) < 4.78 is 1.23. The molecule has 0 amide bonds. The highest BCUT2D eigenvalue weighted by atomic mass is 79.9. The summed E-state index contributed by atoms with van der Waals surface area (Å²) in [6.07, 6.45) is 3.60. The average Bonchev–Trinajstić information content (AvgIpc) is 2.75. The average molecular weight is 297 g/mol. The van der Waals surface area contributed by atoms with Gasteiger partial charge in [0.25, 0.3) is 0 Å². The molecule has 2 nitrogen and oxygen atoms in total. The number of likely N-dealkylation sites (N-methyl/N-ethyl adjacent to an activating group) is 1. The van der Waals surface area contributed by atoms with Crippen LogP contribution >= 0.6 is 15.9 Å². The molecule has 17 heavy (non-hydrogen) atoms. The lowest BCUT2D eigenvalue weighted by Crippen LogP contribution is -2.48. The summed E-state index contributed by atoms with van der Waals surface area (Å²) in [5.41, 5.74) is 7.62. The third kappa shape index (κ3) is 2.42. The van der Waals surface area contributed by atoms with Crippen LogP contribution in [0.15, 0.2) is 28.7 Å². The van der Waals surface area contributed by atoms with Crippen molar-refractivity contribution in [3.8, 4) is 0 Å². The van der Waals surface area contributed by atoms with E-state index in [0.29, 0.717) is 5.92 Å². The summed E-state index contributed by atoms with van der Waals surface area (Å²) in [5.74, 6) is 0.636. The van der Waals surface area contributed by atoms with Gasteiger partial charge in [-0.2, -0.15) is 0 Å². The molecule has 1 aromatic rings. The normalized spacial score (nSPS) is 28.9. The van der Waals surface area contributed by atoms with Gasteiger partial charge in [0.1, 0.15) is 0 Å². The van der Waals surface area contributed by atoms with Crippen LogP contribution in [0.25, 0.3) is 0 Å². The number of nitrogens with zero attached hydrogens (tertiary/aromatic N) is 1.